The van der Waals surface area contributed by atoms with Crippen LogP contribution >= 0.6 is 0 Å². The van der Waals surface area contributed by atoms with E-state index in [2.05, 4.69) is 5.32 Å². The minimum absolute atomic E-state index is 0.00593. The quantitative estimate of drug-likeness (QED) is 0.309. The van der Waals surface area contributed by atoms with Crippen molar-refractivity contribution in [1.29, 1.82) is 0 Å². The predicted octanol–water partition coefficient (Wildman–Crippen LogP) is 6.14. The molecule has 1 saturated heterocycles. The van der Waals surface area contributed by atoms with E-state index in [0.29, 0.717) is 24.3 Å². The van der Waals surface area contributed by atoms with Crippen molar-refractivity contribution in [3.63, 3.8) is 0 Å². The Morgan fingerprint density at radius 3 is 2.37 bits per heavy atom. The van der Waals surface area contributed by atoms with E-state index in [9.17, 15) is 18.4 Å². The molecule has 224 valence electrons. The highest BCUT2D eigenvalue weighted by Gasteiger charge is 2.42. The number of halogens is 2. The molecular weight excluding hydrogens is 530 g/mol. The predicted molar refractivity (Wildman–Crippen MR) is 151 cm³/mol. The molecule has 41 heavy (non-hydrogen) atoms. The Morgan fingerprint density at radius 1 is 0.976 bits per heavy atom. The van der Waals surface area contributed by atoms with Gasteiger partial charge in [0.1, 0.15) is 31.1 Å². The fourth-order valence-electron chi connectivity index (χ4n) is 6.34. The Balaban J connectivity index is 1.60. The van der Waals surface area contributed by atoms with Gasteiger partial charge in [0.15, 0.2) is 0 Å². The lowest BCUT2D eigenvalue weighted by molar-refractivity contribution is -0.153. The van der Waals surface area contributed by atoms with E-state index in [4.69, 9.17) is 14.2 Å². The zero-order chi connectivity index (χ0) is 29.2. The smallest absolute Gasteiger partial charge is 0.407 e. The molecule has 0 unspecified atom stereocenters. The van der Waals surface area contributed by atoms with Crippen LogP contribution in [0.2, 0.25) is 0 Å². The fraction of sp³-hybridized carbons (Fsp3) is 0.562. The van der Waals surface area contributed by atoms with Crippen molar-refractivity contribution in [2.45, 2.75) is 95.5 Å². The van der Waals surface area contributed by atoms with Gasteiger partial charge in [-0.15, -0.1) is 0 Å². The topological polar surface area (TPSA) is 77.1 Å². The molecule has 0 aromatic heterocycles. The van der Waals surface area contributed by atoms with Crippen LogP contribution in [-0.4, -0.2) is 55.0 Å². The number of rotatable bonds is 12. The molecule has 4 atom stereocenters. The number of carbonyl (C=O) groups excluding carboxylic acids is 2. The molecule has 2 aromatic carbocycles. The highest BCUT2D eigenvalue weighted by atomic mass is 19.1. The summed E-state index contributed by atoms with van der Waals surface area (Å²) < 4.78 is 45.3. The van der Waals surface area contributed by atoms with Crippen LogP contribution in [0.3, 0.4) is 0 Å². The minimum Gasteiger partial charge on any atom is -0.445 e. The molecule has 1 heterocycles. The van der Waals surface area contributed by atoms with Crippen LogP contribution in [0.1, 0.15) is 69.4 Å². The van der Waals surface area contributed by atoms with Gasteiger partial charge < -0.3 is 24.4 Å². The largest absolute Gasteiger partial charge is 0.445 e. The van der Waals surface area contributed by atoms with Crippen LogP contribution in [0.15, 0.2) is 48.5 Å². The second-order valence-electron chi connectivity index (χ2n) is 11.3. The van der Waals surface area contributed by atoms with Crippen LogP contribution < -0.4 is 5.32 Å². The van der Waals surface area contributed by atoms with E-state index in [-0.39, 0.29) is 37.8 Å². The third-order valence-corrected chi connectivity index (χ3v) is 8.23. The Bertz CT molecular complexity index is 1110. The molecule has 0 bridgehead atoms. The molecule has 2 aliphatic rings. The van der Waals surface area contributed by atoms with E-state index in [1.54, 1.807) is 0 Å². The molecule has 1 saturated carbocycles. The van der Waals surface area contributed by atoms with Gasteiger partial charge in [0, 0.05) is 25.6 Å². The maximum atomic E-state index is 14.2. The normalized spacial score (nSPS) is 20.9. The van der Waals surface area contributed by atoms with E-state index in [1.165, 1.54) is 19.2 Å². The zero-order valence-corrected chi connectivity index (χ0v) is 24.0. The number of methoxy groups -OCH3 is 1. The average Bonchev–Trinajstić information content (AvgIpc) is 3.45. The number of piperidine rings is 1. The number of carbonyl (C=O) groups is 2. The van der Waals surface area contributed by atoms with Gasteiger partial charge in [0.2, 0.25) is 5.91 Å². The monoisotopic (exact) mass is 572 g/mol. The van der Waals surface area contributed by atoms with Gasteiger partial charge in [-0.25, -0.2) is 13.6 Å². The summed E-state index contributed by atoms with van der Waals surface area (Å²) in [5.74, 6) is -0.950. The summed E-state index contributed by atoms with van der Waals surface area (Å²) in [4.78, 5) is 28.7. The maximum absolute atomic E-state index is 14.2. The maximum Gasteiger partial charge on any atom is 0.407 e. The molecule has 9 heteroatoms. The Hall–Kier alpha value is -3.04. The third-order valence-electron chi connectivity index (χ3n) is 8.23. The van der Waals surface area contributed by atoms with E-state index in [1.807, 2.05) is 42.2 Å². The minimum atomic E-state index is -0.758. The zero-order valence-electron chi connectivity index (χ0n) is 24.0. The first kappa shape index (κ1) is 30.9. The number of amides is 2. The van der Waals surface area contributed by atoms with Crippen molar-refractivity contribution in [1.82, 2.24) is 10.2 Å². The first-order valence-electron chi connectivity index (χ1n) is 14.7. The fourth-order valence-corrected chi connectivity index (χ4v) is 6.34. The Labute approximate surface area is 241 Å². The molecule has 1 aliphatic carbocycles. The molecule has 4 rings (SSSR count). The lowest BCUT2D eigenvalue weighted by Gasteiger charge is -2.46. The summed E-state index contributed by atoms with van der Waals surface area (Å²) >= 11 is 0. The molecular formula is C32H42F2N2O5. The second kappa shape index (κ2) is 15.3. The molecule has 1 N–H and O–H groups in total. The molecule has 0 spiro atoms. The molecule has 0 radical (unpaired) electrons. The summed E-state index contributed by atoms with van der Waals surface area (Å²) in [7, 11) is 1.50. The number of hydrogen-bond acceptors (Lipinski definition) is 5. The SMILES string of the molecule is COCO[C@@H]([C@H](Cc1cc(F)cc(F)c1)NC(=O)OCc1ccccc1)[C@H]1CCC[C@H](C)N1C(=O)CC1CCCC1. The Kier molecular flexibility index (Phi) is 11.5. The number of alkyl carbamates (subject to hydrolysis) is 1. The molecule has 7 nitrogen and oxygen atoms in total. The number of nitrogens with zero attached hydrogens (tertiary/aromatic N) is 1. The van der Waals surface area contributed by atoms with Crippen LogP contribution in [0.25, 0.3) is 0 Å². The van der Waals surface area contributed by atoms with Gasteiger partial charge in [-0.3, -0.25) is 4.79 Å². The number of benzene rings is 2. The Morgan fingerprint density at radius 2 is 1.68 bits per heavy atom. The summed E-state index contributed by atoms with van der Waals surface area (Å²) in [5, 5.41) is 2.90. The van der Waals surface area contributed by atoms with Crippen molar-refractivity contribution in [3.8, 4) is 0 Å². The van der Waals surface area contributed by atoms with Crippen LogP contribution in [0.5, 0.6) is 0 Å². The van der Waals surface area contributed by atoms with Gasteiger partial charge in [0.25, 0.3) is 0 Å². The van der Waals surface area contributed by atoms with E-state index in [0.717, 1.165) is 50.2 Å². The number of ether oxygens (including phenoxy) is 3. The highest BCUT2D eigenvalue weighted by molar-refractivity contribution is 5.77. The molecule has 2 aromatic rings. The van der Waals surface area contributed by atoms with E-state index >= 15 is 0 Å². The molecule has 2 fully saturated rings. The van der Waals surface area contributed by atoms with Gasteiger partial charge in [-0.2, -0.15) is 0 Å². The number of likely N-dealkylation sites (tertiary alicyclic amines) is 1. The van der Waals surface area contributed by atoms with Crippen molar-refractivity contribution < 1.29 is 32.6 Å². The first-order chi connectivity index (χ1) is 19.8. The number of hydrogen-bond donors (Lipinski definition) is 1. The summed E-state index contributed by atoms with van der Waals surface area (Å²) in [6.07, 6.45) is 6.01. The summed E-state index contributed by atoms with van der Waals surface area (Å²) in [6, 6.07) is 11.5. The van der Waals surface area contributed by atoms with Gasteiger partial charge >= 0.3 is 6.09 Å². The van der Waals surface area contributed by atoms with Crippen molar-refractivity contribution in [3.05, 3.63) is 71.3 Å². The van der Waals surface area contributed by atoms with Crippen molar-refractivity contribution >= 4 is 12.0 Å². The van der Waals surface area contributed by atoms with E-state index < -0.39 is 29.9 Å². The first-order valence-corrected chi connectivity index (χ1v) is 14.7. The van der Waals surface area contributed by atoms with Gasteiger partial charge in [-0.1, -0.05) is 43.2 Å². The van der Waals surface area contributed by atoms with Crippen LogP contribution in [0.4, 0.5) is 13.6 Å². The third kappa shape index (κ3) is 8.97. The molecule has 1 aliphatic heterocycles. The van der Waals surface area contributed by atoms with Gasteiger partial charge in [-0.05, 0) is 74.6 Å². The van der Waals surface area contributed by atoms with Crippen LogP contribution in [0, 0.1) is 17.6 Å². The summed E-state index contributed by atoms with van der Waals surface area (Å²) in [5.41, 5.74) is 1.18. The lowest BCUT2D eigenvalue weighted by atomic mass is 9.86. The highest BCUT2D eigenvalue weighted by Crippen LogP contribution is 2.33. The average molecular weight is 573 g/mol. The van der Waals surface area contributed by atoms with Gasteiger partial charge in [0.05, 0.1) is 12.1 Å². The van der Waals surface area contributed by atoms with Crippen molar-refractivity contribution in [2.75, 3.05) is 13.9 Å². The summed E-state index contributed by atoms with van der Waals surface area (Å²) in [6.45, 7) is 2.03. The standard InChI is InChI=1S/C32H42F2N2O5/c1-22-9-8-14-29(36(22)30(37)18-23-10-6-7-11-23)31(41-21-39-2)28(17-25-15-26(33)19-27(34)16-25)35-32(38)40-20-24-12-4-3-5-13-24/h3-5,12-13,15-16,19,22-23,28-29,31H,6-11,14,17-18,20-21H2,1-2H3,(H,35,38)/t22-,28-,29+,31-/m0/s1. The van der Waals surface area contributed by atoms with Crippen molar-refractivity contribution in [2.24, 2.45) is 5.92 Å². The van der Waals surface area contributed by atoms with Crippen LogP contribution in [-0.2, 0) is 32.0 Å². The molecule has 2 amide bonds. The second-order valence-corrected chi connectivity index (χ2v) is 11.3. The lowest BCUT2D eigenvalue weighted by Crippen LogP contribution is -2.61. The number of nitrogens with one attached hydrogen (secondary N) is 1.